The molecular formula is C28H34N2O5. The van der Waals surface area contributed by atoms with Crippen LogP contribution in [0.15, 0.2) is 48.5 Å². The van der Waals surface area contributed by atoms with Gasteiger partial charge in [0.1, 0.15) is 12.1 Å². The second kappa shape index (κ2) is 10.1. The van der Waals surface area contributed by atoms with Crippen molar-refractivity contribution in [2.24, 2.45) is 5.92 Å². The quantitative estimate of drug-likeness (QED) is 0.568. The van der Waals surface area contributed by atoms with E-state index in [0.717, 1.165) is 22.3 Å². The predicted molar refractivity (Wildman–Crippen MR) is 133 cm³/mol. The summed E-state index contributed by atoms with van der Waals surface area (Å²) < 4.78 is 5.69. The Morgan fingerprint density at radius 1 is 1.06 bits per heavy atom. The first-order chi connectivity index (χ1) is 16.8. The number of fused-ring (bicyclic) bond motifs is 3. The smallest absolute Gasteiger partial charge is 0.408 e. The number of carbonyl (C=O) groups is 3. The van der Waals surface area contributed by atoms with Gasteiger partial charge in [0.05, 0.1) is 5.92 Å². The summed E-state index contributed by atoms with van der Waals surface area (Å²) in [6.07, 6.45) is 1.44. The number of nitrogens with one attached hydrogen (secondary N) is 1. The summed E-state index contributed by atoms with van der Waals surface area (Å²) in [6.45, 7) is 6.09. The van der Waals surface area contributed by atoms with E-state index in [2.05, 4.69) is 29.6 Å². The van der Waals surface area contributed by atoms with Gasteiger partial charge in [-0.3, -0.25) is 9.59 Å². The maximum Gasteiger partial charge on any atom is 0.408 e. The van der Waals surface area contributed by atoms with Crippen LogP contribution in [0, 0.1) is 5.92 Å². The fraction of sp³-hybridized carbons (Fsp3) is 0.464. The first-order valence-electron chi connectivity index (χ1n) is 12.5. The van der Waals surface area contributed by atoms with E-state index in [1.165, 1.54) is 0 Å². The van der Waals surface area contributed by atoms with Gasteiger partial charge in [-0.05, 0) is 48.4 Å². The summed E-state index contributed by atoms with van der Waals surface area (Å²) in [4.78, 5) is 39.8. The maximum absolute atomic E-state index is 13.6. The highest BCUT2D eigenvalue weighted by Gasteiger charge is 2.46. The Morgan fingerprint density at radius 2 is 1.66 bits per heavy atom. The number of alkyl carbamates (subject to hydrolysis) is 1. The number of hydrogen-bond donors (Lipinski definition) is 2. The lowest BCUT2D eigenvalue weighted by molar-refractivity contribution is -0.144. The molecular weight excluding hydrogens is 444 g/mol. The van der Waals surface area contributed by atoms with Crippen molar-refractivity contribution in [3.8, 4) is 11.1 Å². The van der Waals surface area contributed by atoms with Gasteiger partial charge in [-0.1, -0.05) is 68.8 Å². The molecule has 1 heterocycles. The second-order valence-corrected chi connectivity index (χ2v) is 9.74. The van der Waals surface area contributed by atoms with Gasteiger partial charge in [0.25, 0.3) is 0 Å². The molecule has 1 aliphatic heterocycles. The molecule has 1 aliphatic carbocycles. The third-order valence-electron chi connectivity index (χ3n) is 7.49. The third kappa shape index (κ3) is 4.64. The molecule has 0 spiro atoms. The van der Waals surface area contributed by atoms with Crippen molar-refractivity contribution < 1.29 is 24.2 Å². The number of hydrogen-bond acceptors (Lipinski definition) is 4. The summed E-state index contributed by atoms with van der Waals surface area (Å²) in [5.74, 6) is -1.78. The topological polar surface area (TPSA) is 95.9 Å². The average molecular weight is 479 g/mol. The van der Waals surface area contributed by atoms with E-state index in [-0.39, 0.29) is 24.5 Å². The molecule has 2 N–H and O–H groups in total. The predicted octanol–water partition coefficient (Wildman–Crippen LogP) is 4.80. The van der Waals surface area contributed by atoms with Crippen molar-refractivity contribution >= 4 is 18.0 Å². The Labute approximate surface area is 206 Å². The number of ether oxygens (including phenoxy) is 1. The summed E-state index contributed by atoms with van der Waals surface area (Å²) in [5, 5.41) is 12.4. The molecule has 3 unspecified atom stereocenters. The molecule has 2 aromatic carbocycles. The summed E-state index contributed by atoms with van der Waals surface area (Å²) in [7, 11) is 0. The molecule has 2 aliphatic rings. The van der Waals surface area contributed by atoms with E-state index in [0.29, 0.717) is 32.2 Å². The Bertz CT molecular complexity index is 1070. The number of amides is 2. The molecule has 1 fully saturated rings. The largest absolute Gasteiger partial charge is 0.481 e. The molecule has 0 aromatic heterocycles. The third-order valence-corrected chi connectivity index (χ3v) is 7.49. The van der Waals surface area contributed by atoms with Crippen LogP contribution < -0.4 is 5.32 Å². The lowest BCUT2D eigenvalue weighted by Crippen LogP contribution is -2.59. The van der Waals surface area contributed by atoms with Crippen LogP contribution >= 0.6 is 0 Å². The number of aliphatic carboxylic acids is 1. The van der Waals surface area contributed by atoms with Crippen LogP contribution in [0.1, 0.15) is 63.5 Å². The SMILES string of the molecule is CCCC(C)(NC(=O)OCC1c2ccccc2-c2ccccc21)C(=O)N1CCC(C(=O)O)C1CC. The fourth-order valence-electron chi connectivity index (χ4n) is 5.80. The van der Waals surface area contributed by atoms with Crippen LogP contribution in [0.3, 0.4) is 0 Å². The van der Waals surface area contributed by atoms with Gasteiger partial charge in [0.2, 0.25) is 5.91 Å². The molecule has 35 heavy (non-hydrogen) atoms. The monoisotopic (exact) mass is 478 g/mol. The zero-order chi connectivity index (χ0) is 25.2. The molecule has 2 aromatic rings. The van der Waals surface area contributed by atoms with Gasteiger partial charge in [-0.2, -0.15) is 0 Å². The van der Waals surface area contributed by atoms with E-state index < -0.39 is 23.5 Å². The zero-order valence-corrected chi connectivity index (χ0v) is 20.6. The van der Waals surface area contributed by atoms with Crippen LogP contribution in [-0.2, 0) is 14.3 Å². The van der Waals surface area contributed by atoms with E-state index in [9.17, 15) is 19.5 Å². The fourth-order valence-corrected chi connectivity index (χ4v) is 5.80. The average Bonchev–Trinajstić information content (AvgIpc) is 3.42. The van der Waals surface area contributed by atoms with Gasteiger partial charge < -0.3 is 20.1 Å². The van der Waals surface area contributed by atoms with Crippen LogP contribution in [-0.4, -0.2) is 52.7 Å². The van der Waals surface area contributed by atoms with Crippen molar-refractivity contribution in [3.63, 3.8) is 0 Å². The van der Waals surface area contributed by atoms with E-state index >= 15 is 0 Å². The van der Waals surface area contributed by atoms with Crippen LogP contribution in [0.25, 0.3) is 11.1 Å². The number of carboxylic acid groups (broad SMARTS) is 1. The molecule has 186 valence electrons. The Hall–Kier alpha value is -3.35. The van der Waals surface area contributed by atoms with Crippen LogP contribution in [0.5, 0.6) is 0 Å². The molecule has 2 amide bonds. The normalized spacial score (nSPS) is 20.6. The number of benzene rings is 2. The Morgan fingerprint density at radius 3 is 2.20 bits per heavy atom. The number of carboxylic acids is 1. The minimum Gasteiger partial charge on any atom is -0.481 e. The van der Waals surface area contributed by atoms with Gasteiger partial charge in [0.15, 0.2) is 0 Å². The number of carbonyl (C=O) groups excluding carboxylic acids is 2. The van der Waals surface area contributed by atoms with Crippen molar-refractivity contribution in [2.75, 3.05) is 13.2 Å². The number of likely N-dealkylation sites (tertiary alicyclic amines) is 1. The van der Waals surface area contributed by atoms with E-state index in [1.807, 2.05) is 38.1 Å². The highest BCUT2D eigenvalue weighted by molar-refractivity contribution is 5.90. The minimum atomic E-state index is -1.17. The van der Waals surface area contributed by atoms with Crippen LogP contribution in [0.4, 0.5) is 4.79 Å². The molecule has 0 saturated carbocycles. The Kier molecular flexibility index (Phi) is 7.15. The number of nitrogens with zero attached hydrogens (tertiary/aromatic N) is 1. The van der Waals surface area contributed by atoms with Crippen LogP contribution in [0.2, 0.25) is 0 Å². The molecule has 0 bridgehead atoms. The van der Waals surface area contributed by atoms with Crippen molar-refractivity contribution in [2.45, 2.75) is 64.0 Å². The molecule has 0 radical (unpaired) electrons. The molecule has 3 atom stereocenters. The van der Waals surface area contributed by atoms with Crippen molar-refractivity contribution in [1.29, 1.82) is 0 Å². The van der Waals surface area contributed by atoms with Gasteiger partial charge in [-0.25, -0.2) is 4.79 Å². The molecule has 7 nitrogen and oxygen atoms in total. The summed E-state index contributed by atoms with van der Waals surface area (Å²) in [5.41, 5.74) is 3.37. The maximum atomic E-state index is 13.6. The first kappa shape index (κ1) is 24.8. The Balaban J connectivity index is 1.47. The minimum absolute atomic E-state index is 0.0688. The lowest BCUT2D eigenvalue weighted by Gasteiger charge is -2.36. The van der Waals surface area contributed by atoms with Crippen molar-refractivity contribution in [3.05, 3.63) is 59.7 Å². The molecule has 4 rings (SSSR count). The first-order valence-corrected chi connectivity index (χ1v) is 12.5. The standard InChI is InChI=1S/C28H34N2O5/c1-4-15-28(3,26(33)30-16-14-22(25(31)32)24(30)5-2)29-27(34)35-17-23-20-12-8-6-10-18(20)19-11-7-9-13-21(19)23/h6-13,22-24H,4-5,14-17H2,1-3H3,(H,29,34)(H,31,32). The van der Waals surface area contributed by atoms with Gasteiger partial charge in [0, 0.05) is 18.5 Å². The lowest BCUT2D eigenvalue weighted by atomic mass is 9.92. The summed E-state index contributed by atoms with van der Waals surface area (Å²) >= 11 is 0. The van der Waals surface area contributed by atoms with Gasteiger partial charge in [-0.15, -0.1) is 0 Å². The highest BCUT2D eigenvalue weighted by atomic mass is 16.5. The molecule has 7 heteroatoms. The van der Waals surface area contributed by atoms with E-state index in [1.54, 1.807) is 11.8 Å². The summed E-state index contributed by atoms with van der Waals surface area (Å²) in [6, 6.07) is 15.9. The van der Waals surface area contributed by atoms with Gasteiger partial charge >= 0.3 is 12.1 Å². The van der Waals surface area contributed by atoms with E-state index in [4.69, 9.17) is 4.74 Å². The molecule has 1 saturated heterocycles. The number of rotatable bonds is 8. The zero-order valence-electron chi connectivity index (χ0n) is 20.6. The van der Waals surface area contributed by atoms with Crippen molar-refractivity contribution in [1.82, 2.24) is 10.2 Å². The highest BCUT2D eigenvalue weighted by Crippen LogP contribution is 2.44. The second-order valence-electron chi connectivity index (χ2n) is 9.74.